The van der Waals surface area contributed by atoms with Crippen molar-refractivity contribution in [2.24, 2.45) is 0 Å². The number of fused-ring (bicyclic) bond motifs is 1. The van der Waals surface area contributed by atoms with Gasteiger partial charge in [0.25, 0.3) is 0 Å². The molecule has 0 spiro atoms. The van der Waals surface area contributed by atoms with E-state index in [9.17, 15) is 0 Å². The van der Waals surface area contributed by atoms with E-state index in [1.54, 1.807) is 0 Å². The van der Waals surface area contributed by atoms with Crippen LogP contribution in [-0.2, 0) is 19.6 Å². The second-order valence-electron chi connectivity index (χ2n) is 8.11. The molecule has 0 aliphatic carbocycles. The SMILES string of the molecule is CCc1c(-c2ccc(OCc3ccccc3)cc2)cn2cc(OCc3ccccc3)ccc12. The lowest BCUT2D eigenvalue weighted by atomic mass is 10.0. The average molecular weight is 434 g/mol. The van der Waals surface area contributed by atoms with Crippen LogP contribution in [-0.4, -0.2) is 4.40 Å². The lowest BCUT2D eigenvalue weighted by Gasteiger charge is -2.08. The fourth-order valence-corrected chi connectivity index (χ4v) is 4.13. The zero-order valence-electron chi connectivity index (χ0n) is 18.8. The predicted molar refractivity (Wildman–Crippen MR) is 134 cm³/mol. The van der Waals surface area contributed by atoms with Gasteiger partial charge >= 0.3 is 0 Å². The maximum atomic E-state index is 6.03. The van der Waals surface area contributed by atoms with Crippen LogP contribution in [0.1, 0.15) is 23.6 Å². The van der Waals surface area contributed by atoms with E-state index >= 15 is 0 Å². The Bertz CT molecular complexity index is 1320. The fourth-order valence-electron chi connectivity index (χ4n) is 4.13. The first kappa shape index (κ1) is 20.9. The Morgan fingerprint density at radius 1 is 0.606 bits per heavy atom. The van der Waals surface area contributed by atoms with Crippen LogP contribution in [0.5, 0.6) is 11.5 Å². The van der Waals surface area contributed by atoms with E-state index in [2.05, 4.69) is 84.4 Å². The standard InChI is InChI=1S/C30H27NO2/c1-2-28-29(25-13-15-26(16-14-25)32-21-23-9-5-3-6-10-23)20-31-19-27(17-18-30(28)31)33-22-24-11-7-4-8-12-24/h3-20H,2,21-22H2,1H3. The highest BCUT2D eigenvalue weighted by atomic mass is 16.5. The van der Waals surface area contributed by atoms with E-state index in [4.69, 9.17) is 9.47 Å². The molecule has 0 bridgehead atoms. The molecule has 5 rings (SSSR count). The molecule has 0 aliphatic rings. The Balaban J connectivity index is 1.34. The normalized spacial score (nSPS) is 10.9. The first-order chi connectivity index (χ1) is 16.3. The molecule has 0 unspecified atom stereocenters. The van der Waals surface area contributed by atoms with Gasteiger partial charge in [0.2, 0.25) is 0 Å². The number of pyridine rings is 1. The van der Waals surface area contributed by atoms with Crippen molar-refractivity contribution in [2.75, 3.05) is 0 Å². The zero-order chi connectivity index (χ0) is 22.5. The number of benzene rings is 3. The molecule has 3 aromatic carbocycles. The first-order valence-electron chi connectivity index (χ1n) is 11.4. The van der Waals surface area contributed by atoms with Crippen molar-refractivity contribution >= 4 is 5.52 Å². The number of aromatic nitrogens is 1. The molecule has 5 aromatic rings. The summed E-state index contributed by atoms with van der Waals surface area (Å²) < 4.78 is 14.2. The molecule has 164 valence electrons. The van der Waals surface area contributed by atoms with Gasteiger partial charge in [0.1, 0.15) is 24.7 Å². The minimum atomic E-state index is 0.561. The molecular weight excluding hydrogens is 406 g/mol. The van der Waals surface area contributed by atoms with Gasteiger partial charge in [0.15, 0.2) is 0 Å². The highest BCUT2D eigenvalue weighted by Crippen LogP contribution is 2.32. The minimum absolute atomic E-state index is 0.561. The minimum Gasteiger partial charge on any atom is -0.489 e. The quantitative estimate of drug-likeness (QED) is 0.256. The summed E-state index contributed by atoms with van der Waals surface area (Å²) in [6, 6.07) is 33.1. The maximum absolute atomic E-state index is 6.03. The topological polar surface area (TPSA) is 22.9 Å². The van der Waals surface area contributed by atoms with E-state index in [1.165, 1.54) is 27.8 Å². The third-order valence-electron chi connectivity index (χ3n) is 5.87. The van der Waals surface area contributed by atoms with Gasteiger partial charge in [0.05, 0.1) is 6.20 Å². The molecule has 3 heteroatoms. The largest absolute Gasteiger partial charge is 0.489 e. The number of aryl methyl sites for hydroxylation is 1. The summed E-state index contributed by atoms with van der Waals surface area (Å²) >= 11 is 0. The van der Waals surface area contributed by atoms with Gasteiger partial charge in [-0.05, 0) is 52.9 Å². The Morgan fingerprint density at radius 2 is 1.18 bits per heavy atom. The molecule has 0 saturated heterocycles. The monoisotopic (exact) mass is 433 g/mol. The molecule has 0 atom stereocenters. The Kier molecular flexibility index (Phi) is 6.12. The van der Waals surface area contributed by atoms with Gasteiger partial charge in [0, 0.05) is 17.3 Å². The molecule has 0 fully saturated rings. The highest BCUT2D eigenvalue weighted by Gasteiger charge is 2.12. The van der Waals surface area contributed by atoms with Crippen LogP contribution in [0.15, 0.2) is 109 Å². The molecule has 0 amide bonds. The fraction of sp³-hybridized carbons (Fsp3) is 0.133. The van der Waals surface area contributed by atoms with Gasteiger partial charge in [-0.3, -0.25) is 0 Å². The zero-order valence-corrected chi connectivity index (χ0v) is 18.8. The smallest absolute Gasteiger partial charge is 0.136 e. The Labute approximate surface area is 194 Å². The van der Waals surface area contributed by atoms with Crippen LogP contribution in [0, 0.1) is 0 Å². The van der Waals surface area contributed by atoms with Gasteiger partial charge in [-0.2, -0.15) is 0 Å². The van der Waals surface area contributed by atoms with Crippen LogP contribution < -0.4 is 9.47 Å². The van der Waals surface area contributed by atoms with Crippen molar-refractivity contribution in [1.82, 2.24) is 4.40 Å². The number of nitrogens with zero attached hydrogens (tertiary/aromatic N) is 1. The molecule has 3 nitrogen and oxygen atoms in total. The lowest BCUT2D eigenvalue weighted by molar-refractivity contribution is 0.304. The van der Waals surface area contributed by atoms with Gasteiger partial charge in [-0.1, -0.05) is 79.7 Å². The molecule has 0 N–H and O–H groups in total. The summed E-state index contributed by atoms with van der Waals surface area (Å²) in [5.41, 5.74) is 7.31. The van der Waals surface area contributed by atoms with Crippen LogP contribution in [0.25, 0.3) is 16.6 Å². The summed E-state index contributed by atoms with van der Waals surface area (Å²) in [5, 5.41) is 0. The average Bonchev–Trinajstić information content (AvgIpc) is 3.25. The van der Waals surface area contributed by atoms with Gasteiger partial charge < -0.3 is 13.9 Å². The van der Waals surface area contributed by atoms with Crippen LogP contribution in [0.2, 0.25) is 0 Å². The second-order valence-corrected chi connectivity index (χ2v) is 8.11. The predicted octanol–water partition coefficient (Wildman–Crippen LogP) is 7.33. The molecule has 33 heavy (non-hydrogen) atoms. The second kappa shape index (κ2) is 9.66. The first-order valence-corrected chi connectivity index (χ1v) is 11.4. The molecule has 2 aromatic heterocycles. The van der Waals surface area contributed by atoms with E-state index in [0.29, 0.717) is 13.2 Å². The third-order valence-corrected chi connectivity index (χ3v) is 5.87. The number of hydrogen-bond acceptors (Lipinski definition) is 2. The molecular formula is C30H27NO2. The summed E-state index contributed by atoms with van der Waals surface area (Å²) in [6.07, 6.45) is 5.23. The molecule has 0 saturated carbocycles. The van der Waals surface area contributed by atoms with Crippen molar-refractivity contribution in [3.63, 3.8) is 0 Å². The van der Waals surface area contributed by atoms with Crippen molar-refractivity contribution in [2.45, 2.75) is 26.6 Å². The van der Waals surface area contributed by atoms with Crippen molar-refractivity contribution in [3.05, 3.63) is 126 Å². The molecule has 0 aliphatic heterocycles. The number of ether oxygens (including phenoxy) is 2. The molecule has 0 radical (unpaired) electrons. The van der Waals surface area contributed by atoms with Crippen molar-refractivity contribution in [1.29, 1.82) is 0 Å². The van der Waals surface area contributed by atoms with Crippen molar-refractivity contribution < 1.29 is 9.47 Å². The summed E-state index contributed by atoms with van der Waals surface area (Å²) in [4.78, 5) is 0. The Morgan fingerprint density at radius 3 is 1.79 bits per heavy atom. The van der Waals surface area contributed by atoms with E-state index < -0.39 is 0 Å². The van der Waals surface area contributed by atoms with Crippen LogP contribution in [0.3, 0.4) is 0 Å². The lowest BCUT2D eigenvalue weighted by Crippen LogP contribution is -1.96. The van der Waals surface area contributed by atoms with E-state index in [1.807, 2.05) is 36.4 Å². The number of rotatable bonds is 8. The maximum Gasteiger partial charge on any atom is 0.136 e. The van der Waals surface area contributed by atoms with Crippen LogP contribution >= 0.6 is 0 Å². The highest BCUT2D eigenvalue weighted by molar-refractivity contribution is 5.77. The van der Waals surface area contributed by atoms with E-state index in [0.717, 1.165) is 23.5 Å². The van der Waals surface area contributed by atoms with E-state index in [-0.39, 0.29) is 0 Å². The van der Waals surface area contributed by atoms with Gasteiger partial charge in [-0.25, -0.2) is 0 Å². The summed E-state index contributed by atoms with van der Waals surface area (Å²) in [7, 11) is 0. The summed E-state index contributed by atoms with van der Waals surface area (Å²) in [5.74, 6) is 1.74. The molecule has 2 heterocycles. The number of hydrogen-bond donors (Lipinski definition) is 0. The van der Waals surface area contributed by atoms with Gasteiger partial charge in [-0.15, -0.1) is 0 Å². The summed E-state index contributed by atoms with van der Waals surface area (Å²) in [6.45, 7) is 3.34. The van der Waals surface area contributed by atoms with Crippen LogP contribution in [0.4, 0.5) is 0 Å². The van der Waals surface area contributed by atoms with Crippen molar-refractivity contribution in [3.8, 4) is 22.6 Å². The Hall–Kier alpha value is -3.98. The third kappa shape index (κ3) is 4.78.